The summed E-state index contributed by atoms with van der Waals surface area (Å²) >= 11 is 12.4. The average Bonchev–Trinajstić information content (AvgIpc) is 2.70. The third-order valence-electron chi connectivity index (χ3n) is 3.32. The van der Waals surface area contributed by atoms with Crippen molar-refractivity contribution in [2.24, 2.45) is 0 Å². The topological polar surface area (TPSA) is 43.8 Å². The van der Waals surface area contributed by atoms with Gasteiger partial charge in [0.2, 0.25) is 0 Å². The van der Waals surface area contributed by atoms with Crippen LogP contribution < -0.4 is 5.73 Å². The second-order valence-electron chi connectivity index (χ2n) is 6.51. The number of imidazole rings is 1. The Kier molecular flexibility index (Phi) is 4.27. The minimum Gasteiger partial charge on any atom is -0.383 e. The molecular weight excluding hydrogens is 305 g/mol. The van der Waals surface area contributed by atoms with E-state index in [2.05, 4.69) is 39.2 Å². The van der Waals surface area contributed by atoms with Crippen molar-refractivity contribution in [2.75, 3.05) is 5.73 Å². The number of nitrogen functional groups attached to an aromatic ring is 1. The maximum Gasteiger partial charge on any atom is 0.132 e. The van der Waals surface area contributed by atoms with Crippen LogP contribution in [0, 0.1) is 0 Å². The van der Waals surface area contributed by atoms with Gasteiger partial charge in [-0.1, -0.05) is 44.0 Å². The van der Waals surface area contributed by atoms with Gasteiger partial charge in [-0.2, -0.15) is 0 Å². The van der Waals surface area contributed by atoms with E-state index in [1.807, 2.05) is 0 Å². The Hall–Kier alpha value is -1.19. The van der Waals surface area contributed by atoms with Gasteiger partial charge in [0, 0.05) is 22.0 Å². The van der Waals surface area contributed by atoms with E-state index in [0.717, 1.165) is 11.4 Å². The Labute approximate surface area is 136 Å². The van der Waals surface area contributed by atoms with Crippen LogP contribution in [0.4, 0.5) is 5.82 Å². The summed E-state index contributed by atoms with van der Waals surface area (Å²) in [7, 11) is 0. The Balaban J connectivity index is 2.74. The molecule has 5 heteroatoms. The summed E-state index contributed by atoms with van der Waals surface area (Å²) in [6.07, 6.45) is 0. The molecule has 0 aliphatic carbocycles. The van der Waals surface area contributed by atoms with Crippen LogP contribution in [0.5, 0.6) is 0 Å². The molecular formula is C16H21Cl2N3. The van der Waals surface area contributed by atoms with Gasteiger partial charge in [-0.05, 0) is 32.0 Å². The predicted molar refractivity (Wildman–Crippen MR) is 91.2 cm³/mol. The van der Waals surface area contributed by atoms with Crippen molar-refractivity contribution < 1.29 is 0 Å². The fourth-order valence-electron chi connectivity index (χ4n) is 2.37. The smallest absolute Gasteiger partial charge is 0.132 e. The Morgan fingerprint density at radius 3 is 2.29 bits per heavy atom. The van der Waals surface area contributed by atoms with E-state index in [1.165, 1.54) is 0 Å². The highest BCUT2D eigenvalue weighted by Gasteiger charge is 2.27. The molecule has 1 aromatic heterocycles. The van der Waals surface area contributed by atoms with Crippen molar-refractivity contribution in [3.8, 4) is 11.3 Å². The Morgan fingerprint density at radius 1 is 1.19 bits per heavy atom. The van der Waals surface area contributed by atoms with Gasteiger partial charge in [0.15, 0.2) is 0 Å². The van der Waals surface area contributed by atoms with Gasteiger partial charge in [-0.3, -0.25) is 0 Å². The lowest BCUT2D eigenvalue weighted by Crippen LogP contribution is -2.21. The molecule has 0 radical (unpaired) electrons. The monoisotopic (exact) mass is 325 g/mol. The molecule has 2 rings (SSSR count). The van der Waals surface area contributed by atoms with Crippen LogP contribution in [-0.4, -0.2) is 9.55 Å². The second kappa shape index (κ2) is 5.54. The highest BCUT2D eigenvalue weighted by molar-refractivity contribution is 6.35. The van der Waals surface area contributed by atoms with E-state index in [-0.39, 0.29) is 11.5 Å². The fourth-order valence-corrected chi connectivity index (χ4v) is 2.75. The first-order valence-electron chi connectivity index (χ1n) is 6.96. The first kappa shape index (κ1) is 16.2. The summed E-state index contributed by atoms with van der Waals surface area (Å²) in [5.41, 5.74) is 7.71. The van der Waals surface area contributed by atoms with Gasteiger partial charge < -0.3 is 10.3 Å². The number of halogens is 2. The lowest BCUT2D eigenvalue weighted by atomic mass is 9.95. The maximum atomic E-state index is 6.35. The summed E-state index contributed by atoms with van der Waals surface area (Å²) in [5.74, 6) is 1.57. The molecule has 0 saturated carbocycles. The minimum atomic E-state index is -0.109. The van der Waals surface area contributed by atoms with Crippen molar-refractivity contribution in [1.29, 1.82) is 0 Å². The molecule has 0 aliphatic rings. The Morgan fingerprint density at radius 2 is 1.81 bits per heavy atom. The molecule has 0 atom stereocenters. The van der Waals surface area contributed by atoms with Gasteiger partial charge in [0.25, 0.3) is 0 Å². The number of nitrogens with zero attached hydrogens (tertiary/aromatic N) is 2. The fraction of sp³-hybridized carbons (Fsp3) is 0.438. The third kappa shape index (κ3) is 3.04. The van der Waals surface area contributed by atoms with Gasteiger partial charge in [-0.15, -0.1) is 0 Å². The number of hydrogen-bond acceptors (Lipinski definition) is 2. The highest BCUT2D eigenvalue weighted by atomic mass is 35.5. The van der Waals surface area contributed by atoms with E-state index in [4.69, 9.17) is 33.9 Å². The minimum absolute atomic E-state index is 0.109. The third-order valence-corrected chi connectivity index (χ3v) is 3.88. The van der Waals surface area contributed by atoms with Crippen LogP contribution in [-0.2, 0) is 5.41 Å². The van der Waals surface area contributed by atoms with E-state index in [1.54, 1.807) is 18.2 Å². The summed E-state index contributed by atoms with van der Waals surface area (Å²) < 4.78 is 2.06. The largest absolute Gasteiger partial charge is 0.383 e. The Bertz CT molecular complexity index is 667. The molecule has 0 bridgehead atoms. The quantitative estimate of drug-likeness (QED) is 0.812. The van der Waals surface area contributed by atoms with Crippen molar-refractivity contribution in [1.82, 2.24) is 9.55 Å². The number of benzene rings is 1. The summed E-state index contributed by atoms with van der Waals surface area (Å²) in [4.78, 5) is 4.77. The number of aromatic nitrogens is 2. The second-order valence-corrected chi connectivity index (χ2v) is 7.35. The van der Waals surface area contributed by atoms with E-state index >= 15 is 0 Å². The van der Waals surface area contributed by atoms with Crippen molar-refractivity contribution in [3.05, 3.63) is 34.1 Å². The zero-order valence-corrected chi connectivity index (χ0v) is 14.5. The first-order valence-corrected chi connectivity index (χ1v) is 7.72. The standard InChI is InChI=1S/C16H21Cl2N3/c1-9(2)21-14(19)13(20-15(21)16(3,4)5)11-8-10(17)6-7-12(11)18/h6-9H,19H2,1-5H3. The molecule has 2 aromatic rings. The van der Waals surface area contributed by atoms with Crippen molar-refractivity contribution >= 4 is 29.0 Å². The number of nitrogens with two attached hydrogens (primary N) is 1. The summed E-state index contributed by atoms with van der Waals surface area (Å²) in [6, 6.07) is 5.55. The molecule has 3 nitrogen and oxygen atoms in total. The molecule has 21 heavy (non-hydrogen) atoms. The van der Waals surface area contributed by atoms with Crippen LogP contribution in [0.3, 0.4) is 0 Å². The highest BCUT2D eigenvalue weighted by Crippen LogP contribution is 2.38. The summed E-state index contributed by atoms with van der Waals surface area (Å²) in [5, 5.41) is 1.21. The lowest BCUT2D eigenvalue weighted by Gasteiger charge is -2.22. The number of anilines is 1. The van der Waals surface area contributed by atoms with Crippen LogP contribution >= 0.6 is 23.2 Å². The molecule has 0 aliphatic heterocycles. The molecule has 0 spiro atoms. The van der Waals surface area contributed by atoms with Gasteiger partial charge in [0.1, 0.15) is 17.3 Å². The molecule has 0 fully saturated rings. The molecule has 1 heterocycles. The number of rotatable bonds is 2. The zero-order valence-electron chi connectivity index (χ0n) is 13.0. The van der Waals surface area contributed by atoms with Gasteiger partial charge in [0.05, 0.1) is 5.02 Å². The van der Waals surface area contributed by atoms with Crippen LogP contribution in [0.2, 0.25) is 10.0 Å². The van der Waals surface area contributed by atoms with Crippen LogP contribution in [0.15, 0.2) is 18.2 Å². The summed E-state index contributed by atoms with van der Waals surface area (Å²) in [6.45, 7) is 10.6. The van der Waals surface area contributed by atoms with Gasteiger partial charge in [-0.25, -0.2) is 4.98 Å². The molecule has 0 unspecified atom stereocenters. The van der Waals surface area contributed by atoms with Crippen LogP contribution in [0.1, 0.15) is 46.5 Å². The molecule has 0 saturated heterocycles. The lowest BCUT2D eigenvalue weighted by molar-refractivity contribution is 0.473. The maximum absolute atomic E-state index is 6.35. The zero-order chi connectivity index (χ0) is 15.9. The molecule has 114 valence electrons. The van der Waals surface area contributed by atoms with E-state index < -0.39 is 0 Å². The van der Waals surface area contributed by atoms with Crippen molar-refractivity contribution in [2.45, 2.75) is 46.1 Å². The van der Waals surface area contributed by atoms with Crippen molar-refractivity contribution in [3.63, 3.8) is 0 Å². The predicted octanol–water partition coefficient (Wildman–Crippen LogP) is 5.32. The molecule has 2 N–H and O–H groups in total. The number of hydrogen-bond donors (Lipinski definition) is 1. The molecule has 1 aromatic carbocycles. The van der Waals surface area contributed by atoms with E-state index in [0.29, 0.717) is 21.6 Å². The average molecular weight is 326 g/mol. The molecule has 0 amide bonds. The van der Waals surface area contributed by atoms with Gasteiger partial charge >= 0.3 is 0 Å². The first-order chi connectivity index (χ1) is 9.62. The SMILES string of the molecule is CC(C)n1c(C(C)(C)C)nc(-c2cc(Cl)ccc2Cl)c1N. The van der Waals surface area contributed by atoms with E-state index in [9.17, 15) is 0 Å². The normalized spacial score (nSPS) is 12.2. The van der Waals surface area contributed by atoms with Crippen LogP contribution in [0.25, 0.3) is 11.3 Å².